The predicted octanol–water partition coefficient (Wildman–Crippen LogP) is 0.411. The van der Waals surface area contributed by atoms with Crippen LogP contribution in [0.15, 0.2) is 35.5 Å². The van der Waals surface area contributed by atoms with E-state index in [0.717, 1.165) is 0 Å². The largest absolute Gasteiger partial charge is 0.389 e. The Morgan fingerprint density at radius 1 is 1.43 bits per heavy atom. The summed E-state index contributed by atoms with van der Waals surface area (Å²) in [6, 6.07) is 6.33. The Hall–Kier alpha value is -1.84. The minimum absolute atomic E-state index is 0.0349. The quantitative estimate of drug-likeness (QED) is 0.746. The van der Waals surface area contributed by atoms with Gasteiger partial charge in [0, 0.05) is 12.1 Å². The van der Waals surface area contributed by atoms with Crippen molar-refractivity contribution in [1.29, 1.82) is 0 Å². The van der Waals surface area contributed by atoms with Crippen molar-refractivity contribution in [1.82, 2.24) is 19.5 Å². The highest BCUT2D eigenvalue weighted by Crippen LogP contribution is 2.15. The van der Waals surface area contributed by atoms with Crippen molar-refractivity contribution in [2.75, 3.05) is 0 Å². The Kier molecular flexibility index (Phi) is 4.66. The second-order valence-electron chi connectivity index (χ2n) is 4.22. The standard InChI is InChI=1S/C12H15N5O2S2/c1-2-17-8-14-16-11(17)7-15-21(18,19)10-6-4-3-5-9(10)12(13)20/h3-6,8,15H,2,7H2,1H3,(H2,13,20). The van der Waals surface area contributed by atoms with E-state index >= 15 is 0 Å². The van der Waals surface area contributed by atoms with Gasteiger partial charge in [0.1, 0.15) is 17.1 Å². The second-order valence-corrected chi connectivity index (χ2v) is 6.39. The first-order valence-electron chi connectivity index (χ1n) is 6.21. The van der Waals surface area contributed by atoms with Crippen LogP contribution in [0.25, 0.3) is 0 Å². The van der Waals surface area contributed by atoms with Gasteiger partial charge in [0.2, 0.25) is 10.0 Å². The van der Waals surface area contributed by atoms with Gasteiger partial charge in [-0.3, -0.25) is 0 Å². The molecule has 0 amide bonds. The molecule has 1 aromatic carbocycles. The Morgan fingerprint density at radius 2 is 2.14 bits per heavy atom. The molecule has 7 nitrogen and oxygen atoms in total. The molecule has 0 bridgehead atoms. The molecule has 0 aliphatic rings. The van der Waals surface area contributed by atoms with Crippen molar-refractivity contribution in [3.8, 4) is 0 Å². The summed E-state index contributed by atoms with van der Waals surface area (Å²) in [5.41, 5.74) is 5.88. The van der Waals surface area contributed by atoms with E-state index in [-0.39, 0.29) is 16.4 Å². The van der Waals surface area contributed by atoms with Gasteiger partial charge < -0.3 is 10.3 Å². The zero-order valence-corrected chi connectivity index (χ0v) is 13.0. The lowest BCUT2D eigenvalue weighted by atomic mass is 10.2. The van der Waals surface area contributed by atoms with Gasteiger partial charge in [-0.1, -0.05) is 30.4 Å². The molecular weight excluding hydrogens is 310 g/mol. The van der Waals surface area contributed by atoms with Crippen LogP contribution in [0.3, 0.4) is 0 Å². The lowest BCUT2D eigenvalue weighted by Crippen LogP contribution is -2.27. The Morgan fingerprint density at radius 3 is 2.81 bits per heavy atom. The second kappa shape index (κ2) is 6.29. The van der Waals surface area contributed by atoms with E-state index in [4.69, 9.17) is 18.0 Å². The number of benzene rings is 1. The van der Waals surface area contributed by atoms with Crippen LogP contribution < -0.4 is 10.5 Å². The van der Waals surface area contributed by atoms with Crippen molar-refractivity contribution >= 4 is 27.2 Å². The monoisotopic (exact) mass is 325 g/mol. The fourth-order valence-electron chi connectivity index (χ4n) is 1.82. The lowest BCUT2D eigenvalue weighted by Gasteiger charge is -2.10. The van der Waals surface area contributed by atoms with Crippen molar-refractivity contribution in [2.24, 2.45) is 5.73 Å². The number of aryl methyl sites for hydroxylation is 1. The molecule has 2 rings (SSSR count). The van der Waals surface area contributed by atoms with E-state index in [1.54, 1.807) is 29.1 Å². The smallest absolute Gasteiger partial charge is 0.241 e. The van der Waals surface area contributed by atoms with Crippen LogP contribution in [0, 0.1) is 0 Å². The molecule has 0 aliphatic carbocycles. The molecule has 0 saturated heterocycles. The van der Waals surface area contributed by atoms with Crippen LogP contribution in [0.5, 0.6) is 0 Å². The number of thiocarbonyl (C=S) groups is 1. The summed E-state index contributed by atoms with van der Waals surface area (Å²) in [7, 11) is -3.74. The molecular formula is C12H15N5O2S2. The van der Waals surface area contributed by atoms with Crippen LogP contribution in [-0.4, -0.2) is 28.2 Å². The van der Waals surface area contributed by atoms with Gasteiger partial charge in [-0.05, 0) is 13.0 Å². The molecule has 112 valence electrons. The summed E-state index contributed by atoms with van der Waals surface area (Å²) in [4.78, 5) is 0.0905. The Bertz CT molecular complexity index is 755. The molecule has 3 N–H and O–H groups in total. The molecule has 9 heteroatoms. The molecule has 0 unspecified atom stereocenters. The number of nitrogens with one attached hydrogen (secondary N) is 1. The molecule has 0 fully saturated rings. The van der Waals surface area contributed by atoms with E-state index in [0.29, 0.717) is 17.9 Å². The molecule has 0 radical (unpaired) electrons. The maximum absolute atomic E-state index is 12.4. The third-order valence-corrected chi connectivity index (χ3v) is 4.58. The van der Waals surface area contributed by atoms with Gasteiger partial charge >= 0.3 is 0 Å². The first-order valence-corrected chi connectivity index (χ1v) is 8.10. The van der Waals surface area contributed by atoms with Crippen LogP contribution >= 0.6 is 12.2 Å². The van der Waals surface area contributed by atoms with Crippen molar-refractivity contribution in [3.63, 3.8) is 0 Å². The fraction of sp³-hybridized carbons (Fsp3) is 0.250. The third-order valence-electron chi connectivity index (χ3n) is 2.90. The fourth-order valence-corrected chi connectivity index (χ4v) is 3.26. The van der Waals surface area contributed by atoms with Gasteiger partial charge in [-0.15, -0.1) is 10.2 Å². The maximum atomic E-state index is 12.4. The van der Waals surface area contributed by atoms with Crippen molar-refractivity contribution in [2.45, 2.75) is 24.9 Å². The number of hydrogen-bond acceptors (Lipinski definition) is 5. The number of hydrogen-bond donors (Lipinski definition) is 2. The van der Waals surface area contributed by atoms with Gasteiger partial charge in [-0.25, -0.2) is 13.1 Å². The summed E-state index contributed by atoms with van der Waals surface area (Å²) in [6.07, 6.45) is 1.55. The zero-order chi connectivity index (χ0) is 15.5. The highest BCUT2D eigenvalue weighted by molar-refractivity contribution is 7.89. The van der Waals surface area contributed by atoms with E-state index in [1.165, 1.54) is 6.07 Å². The van der Waals surface area contributed by atoms with E-state index < -0.39 is 10.0 Å². The molecule has 1 heterocycles. The van der Waals surface area contributed by atoms with Crippen LogP contribution in [0.1, 0.15) is 18.3 Å². The van der Waals surface area contributed by atoms with Gasteiger partial charge in [0.15, 0.2) is 0 Å². The number of nitrogens with two attached hydrogens (primary N) is 1. The van der Waals surface area contributed by atoms with E-state index in [1.807, 2.05) is 6.92 Å². The van der Waals surface area contributed by atoms with Crippen LogP contribution in [0.4, 0.5) is 0 Å². The van der Waals surface area contributed by atoms with Crippen molar-refractivity contribution < 1.29 is 8.42 Å². The van der Waals surface area contributed by atoms with Gasteiger partial charge in [-0.2, -0.15) is 0 Å². The summed E-state index contributed by atoms with van der Waals surface area (Å²) in [5, 5.41) is 7.63. The van der Waals surface area contributed by atoms with Gasteiger partial charge in [0.05, 0.1) is 11.4 Å². The minimum Gasteiger partial charge on any atom is -0.389 e. The predicted molar refractivity (Wildman–Crippen MR) is 82.1 cm³/mol. The first kappa shape index (κ1) is 15.5. The Labute approximate surface area is 128 Å². The highest BCUT2D eigenvalue weighted by atomic mass is 32.2. The summed E-state index contributed by atoms with van der Waals surface area (Å²) < 4.78 is 29.0. The molecule has 0 atom stereocenters. The topological polar surface area (TPSA) is 103 Å². The molecule has 2 aromatic rings. The minimum atomic E-state index is -3.74. The van der Waals surface area contributed by atoms with E-state index in [2.05, 4.69) is 14.9 Å². The number of aromatic nitrogens is 3. The lowest BCUT2D eigenvalue weighted by molar-refractivity contribution is 0.575. The maximum Gasteiger partial charge on any atom is 0.241 e. The molecule has 0 spiro atoms. The summed E-state index contributed by atoms with van der Waals surface area (Å²) in [5.74, 6) is 0.536. The number of nitrogens with zero attached hydrogens (tertiary/aromatic N) is 3. The van der Waals surface area contributed by atoms with Crippen molar-refractivity contribution in [3.05, 3.63) is 42.0 Å². The molecule has 0 saturated carbocycles. The number of sulfonamides is 1. The zero-order valence-electron chi connectivity index (χ0n) is 11.4. The molecule has 21 heavy (non-hydrogen) atoms. The normalized spacial score (nSPS) is 11.5. The molecule has 0 aliphatic heterocycles. The summed E-state index contributed by atoms with van der Waals surface area (Å²) >= 11 is 4.88. The van der Waals surface area contributed by atoms with Crippen LogP contribution in [-0.2, 0) is 23.1 Å². The number of rotatable bonds is 6. The average molecular weight is 325 g/mol. The van der Waals surface area contributed by atoms with Gasteiger partial charge in [0.25, 0.3) is 0 Å². The summed E-state index contributed by atoms with van der Waals surface area (Å²) in [6.45, 7) is 2.62. The third kappa shape index (κ3) is 3.43. The first-order chi connectivity index (χ1) is 9.95. The SMILES string of the molecule is CCn1cnnc1CNS(=O)(=O)c1ccccc1C(N)=S. The average Bonchev–Trinajstić information content (AvgIpc) is 2.92. The van der Waals surface area contributed by atoms with E-state index in [9.17, 15) is 8.42 Å². The molecule has 1 aromatic heterocycles. The highest BCUT2D eigenvalue weighted by Gasteiger charge is 2.19. The van der Waals surface area contributed by atoms with Crippen LogP contribution in [0.2, 0.25) is 0 Å². The Balaban J connectivity index is 2.25.